The fourth-order valence-electron chi connectivity index (χ4n) is 5.00. The number of rotatable bonds is 0. The molecule has 0 unspecified atom stereocenters. The van der Waals surface area contributed by atoms with E-state index >= 15 is 0 Å². The molecule has 1 aliphatic rings. The lowest BCUT2D eigenvalue weighted by atomic mass is 10.1. The maximum atomic E-state index is 11.0. The van der Waals surface area contributed by atoms with E-state index in [9.17, 15) is 20.4 Å². The minimum atomic E-state index is -0.135. The quantitative estimate of drug-likeness (QED) is 0.153. The van der Waals surface area contributed by atoms with Gasteiger partial charge in [-0.1, -0.05) is 24.3 Å². The predicted octanol–water partition coefficient (Wildman–Crippen LogP) is 5.80. The standard InChI is InChI=1S/C36H26N8O6/c45-29-21-5-1-9-25(29)33-41-42-34(49-33)26-10-2-6-22(30(26)46)19-39-15-16-40-20-24-8-4-12-28(32(24)48)36-44-43-35(50-36)27-11-3-7-23(31(27)47)18-38-14-13-37-17-21/h1-14,17-20,45-48H,15-16H2/b14-13-,37-17?,38-18?,39-19?,40-20?. The van der Waals surface area contributed by atoms with Crippen molar-refractivity contribution in [3.8, 4) is 68.8 Å². The van der Waals surface area contributed by atoms with E-state index in [2.05, 4.69) is 40.4 Å². The van der Waals surface area contributed by atoms with Crippen molar-refractivity contribution in [2.75, 3.05) is 13.1 Å². The molecule has 6 aromatic rings. The second-order valence-electron chi connectivity index (χ2n) is 10.7. The average Bonchev–Trinajstić information content (AvgIpc) is 3.81. The summed E-state index contributed by atoms with van der Waals surface area (Å²) in [6.45, 7) is 0.584. The molecule has 0 fully saturated rings. The molecule has 1 aliphatic heterocycles. The second-order valence-corrected chi connectivity index (χ2v) is 10.7. The van der Waals surface area contributed by atoms with Crippen LogP contribution in [0.5, 0.6) is 23.0 Å². The highest BCUT2D eigenvalue weighted by molar-refractivity contribution is 5.90. The van der Waals surface area contributed by atoms with E-state index in [4.69, 9.17) is 8.83 Å². The van der Waals surface area contributed by atoms with Crippen molar-refractivity contribution in [2.45, 2.75) is 0 Å². The maximum Gasteiger partial charge on any atom is 0.251 e. The van der Waals surface area contributed by atoms with E-state index in [1.165, 1.54) is 37.3 Å². The number of phenols is 4. The van der Waals surface area contributed by atoms with Gasteiger partial charge >= 0.3 is 0 Å². The Morgan fingerprint density at radius 2 is 0.700 bits per heavy atom. The molecule has 246 valence electrons. The van der Waals surface area contributed by atoms with Gasteiger partial charge in [-0.15, -0.1) is 20.4 Å². The molecular weight excluding hydrogens is 640 g/mol. The Bertz CT molecular complexity index is 2190. The smallest absolute Gasteiger partial charge is 0.251 e. The number of para-hydroxylation sites is 4. The van der Waals surface area contributed by atoms with Crippen LogP contribution in [0.3, 0.4) is 0 Å². The fourth-order valence-corrected chi connectivity index (χ4v) is 5.00. The normalized spacial score (nSPS) is 13.6. The van der Waals surface area contributed by atoms with Gasteiger partial charge in [-0.3, -0.25) is 20.0 Å². The summed E-state index contributed by atoms with van der Waals surface area (Å²) in [6.07, 6.45) is 8.69. The van der Waals surface area contributed by atoms with Gasteiger partial charge in [-0.05, 0) is 48.5 Å². The largest absolute Gasteiger partial charge is 0.506 e. The minimum Gasteiger partial charge on any atom is -0.506 e. The number of benzene rings is 4. The van der Waals surface area contributed by atoms with E-state index in [-0.39, 0.29) is 68.8 Å². The zero-order valence-corrected chi connectivity index (χ0v) is 26.0. The highest BCUT2D eigenvalue weighted by Crippen LogP contribution is 2.37. The molecule has 0 aliphatic carbocycles. The summed E-state index contributed by atoms with van der Waals surface area (Å²) in [5.41, 5.74) is 2.73. The Morgan fingerprint density at radius 1 is 0.400 bits per heavy atom. The summed E-state index contributed by atoms with van der Waals surface area (Å²) in [5.74, 6) is -0.310. The van der Waals surface area contributed by atoms with Crippen molar-refractivity contribution in [3.05, 3.63) is 107 Å². The fraction of sp³-hybridized carbons (Fsp3) is 0.0556. The lowest BCUT2D eigenvalue weighted by Crippen LogP contribution is -1.92. The lowest BCUT2D eigenvalue weighted by Gasteiger charge is -2.04. The summed E-state index contributed by atoms with van der Waals surface area (Å²) in [6, 6.07) is 20.0. The summed E-state index contributed by atoms with van der Waals surface area (Å²) in [7, 11) is 0. The summed E-state index contributed by atoms with van der Waals surface area (Å²) in [5, 5.41) is 60.1. The molecule has 2 aromatic heterocycles. The Hall–Kier alpha value is -7.22. The topological polar surface area (TPSA) is 208 Å². The Labute approximate surface area is 283 Å². The van der Waals surface area contributed by atoms with Crippen LogP contribution in [0.2, 0.25) is 0 Å². The monoisotopic (exact) mass is 666 g/mol. The average molecular weight is 667 g/mol. The molecule has 7 rings (SSSR count). The van der Waals surface area contributed by atoms with Crippen LogP contribution in [0.4, 0.5) is 0 Å². The third-order valence-electron chi connectivity index (χ3n) is 7.53. The molecule has 50 heavy (non-hydrogen) atoms. The van der Waals surface area contributed by atoms with E-state index < -0.39 is 0 Å². The first-order valence-electron chi connectivity index (χ1n) is 15.2. The molecule has 12 bridgehead atoms. The Kier molecular flexibility index (Phi) is 8.70. The molecule has 14 nitrogen and oxygen atoms in total. The number of aromatic nitrogens is 4. The summed E-state index contributed by atoms with van der Waals surface area (Å²) < 4.78 is 11.7. The van der Waals surface area contributed by atoms with Gasteiger partial charge in [-0.2, -0.15) is 0 Å². The predicted molar refractivity (Wildman–Crippen MR) is 186 cm³/mol. The van der Waals surface area contributed by atoms with Crippen LogP contribution in [-0.2, 0) is 0 Å². The van der Waals surface area contributed by atoms with Crippen LogP contribution in [0.25, 0.3) is 45.8 Å². The van der Waals surface area contributed by atoms with Gasteiger partial charge in [0.15, 0.2) is 0 Å². The number of phenolic OH excluding ortho intramolecular Hbond substituents is 4. The van der Waals surface area contributed by atoms with Crippen molar-refractivity contribution in [1.29, 1.82) is 0 Å². The third-order valence-corrected chi connectivity index (χ3v) is 7.53. The summed E-state index contributed by atoms with van der Waals surface area (Å²) in [4.78, 5) is 17.1. The molecule has 0 saturated heterocycles. The van der Waals surface area contributed by atoms with E-state index in [0.717, 1.165) is 0 Å². The lowest BCUT2D eigenvalue weighted by molar-refractivity contribution is 0.468. The molecule has 0 saturated carbocycles. The minimum absolute atomic E-state index is 0.0410. The van der Waals surface area contributed by atoms with Crippen molar-refractivity contribution in [2.24, 2.45) is 20.0 Å². The van der Waals surface area contributed by atoms with Gasteiger partial charge in [0.05, 0.1) is 35.3 Å². The molecule has 4 N–H and O–H groups in total. The molecule has 0 atom stereocenters. The number of nitrogens with zero attached hydrogens (tertiary/aromatic N) is 8. The Balaban J connectivity index is 1.24. The first kappa shape index (κ1) is 31.4. The van der Waals surface area contributed by atoms with Crippen molar-refractivity contribution in [1.82, 2.24) is 20.4 Å². The zero-order chi connectivity index (χ0) is 34.5. The molecule has 0 spiro atoms. The van der Waals surface area contributed by atoms with Crippen LogP contribution in [0.1, 0.15) is 22.3 Å². The van der Waals surface area contributed by atoms with Gasteiger partial charge in [0, 0.05) is 59.5 Å². The first-order valence-corrected chi connectivity index (χ1v) is 15.2. The van der Waals surface area contributed by atoms with Crippen LogP contribution in [-0.4, -0.2) is 78.8 Å². The number of fused-ring (bicyclic) bond motifs is 16. The number of aliphatic imine (C=N–C) groups is 4. The molecule has 14 heteroatoms. The van der Waals surface area contributed by atoms with Gasteiger partial charge in [0.1, 0.15) is 23.0 Å². The Morgan fingerprint density at radius 3 is 1.02 bits per heavy atom. The highest BCUT2D eigenvalue weighted by atomic mass is 16.4. The third kappa shape index (κ3) is 6.35. The number of hydrogen-bond acceptors (Lipinski definition) is 14. The van der Waals surface area contributed by atoms with Gasteiger partial charge in [0.2, 0.25) is 0 Å². The molecule has 3 heterocycles. The second kappa shape index (κ2) is 13.9. The van der Waals surface area contributed by atoms with Crippen LogP contribution < -0.4 is 0 Å². The molecule has 0 radical (unpaired) electrons. The van der Waals surface area contributed by atoms with Crippen LogP contribution in [0, 0.1) is 0 Å². The molecular formula is C36H26N8O6. The van der Waals surface area contributed by atoms with Gasteiger partial charge in [0.25, 0.3) is 23.6 Å². The van der Waals surface area contributed by atoms with E-state index in [1.807, 2.05) is 0 Å². The van der Waals surface area contributed by atoms with Crippen molar-refractivity contribution < 1.29 is 29.3 Å². The molecule has 4 aromatic carbocycles. The van der Waals surface area contributed by atoms with Gasteiger partial charge in [-0.25, -0.2) is 0 Å². The summed E-state index contributed by atoms with van der Waals surface area (Å²) >= 11 is 0. The maximum absolute atomic E-state index is 11.0. The van der Waals surface area contributed by atoms with Crippen LogP contribution >= 0.6 is 0 Å². The van der Waals surface area contributed by atoms with E-state index in [0.29, 0.717) is 35.3 Å². The SMILES string of the molecule is Oc1c2cccc1-c1nnc(o1)-c1cccc(c1O)C=NCCN=Cc1cccc(c1O)-c1nnc(o1)-c1cccc(c1O)C=N/C=C\N=C2. The van der Waals surface area contributed by atoms with Crippen LogP contribution in [0.15, 0.2) is 114 Å². The van der Waals surface area contributed by atoms with E-state index in [1.54, 1.807) is 72.8 Å². The number of aromatic hydroxyl groups is 4. The van der Waals surface area contributed by atoms with Crippen molar-refractivity contribution >= 4 is 24.9 Å². The number of hydrogen-bond donors (Lipinski definition) is 4. The first-order chi connectivity index (χ1) is 24.5. The zero-order valence-electron chi connectivity index (χ0n) is 26.0. The van der Waals surface area contributed by atoms with Crippen molar-refractivity contribution in [3.63, 3.8) is 0 Å². The molecule has 0 amide bonds. The van der Waals surface area contributed by atoms with Gasteiger partial charge < -0.3 is 29.3 Å². The highest BCUT2D eigenvalue weighted by Gasteiger charge is 2.20.